The van der Waals surface area contributed by atoms with Gasteiger partial charge in [-0.05, 0) is 0 Å². The second-order valence-corrected chi connectivity index (χ2v) is 3.41. The molecule has 0 spiro atoms. The zero-order chi connectivity index (χ0) is 9.66. The first kappa shape index (κ1) is 18.7. The second-order valence-electron chi connectivity index (χ2n) is 3.41. The van der Waals surface area contributed by atoms with Crippen molar-refractivity contribution in [3.63, 3.8) is 0 Å². The van der Waals surface area contributed by atoms with Gasteiger partial charge in [-0.3, -0.25) is 0 Å². The van der Waals surface area contributed by atoms with E-state index in [1.165, 1.54) is 51.4 Å². The Morgan fingerprint density at radius 2 is 0.615 bits per heavy atom. The van der Waals surface area contributed by atoms with Gasteiger partial charge in [0.25, 0.3) is 0 Å². The Morgan fingerprint density at radius 3 is 0.692 bits per heavy atom. The van der Waals surface area contributed by atoms with Gasteiger partial charge in [0, 0.05) is 0 Å². The molecule has 0 aromatic heterocycles. The van der Waals surface area contributed by atoms with Crippen LogP contribution in [0.2, 0.25) is 0 Å². The molecule has 0 amide bonds. The van der Waals surface area contributed by atoms with E-state index >= 15 is 0 Å². The third-order valence-electron chi connectivity index (χ3n) is 1.91. The summed E-state index contributed by atoms with van der Waals surface area (Å²) in [5, 5.41) is 0. The van der Waals surface area contributed by atoms with Crippen molar-refractivity contribution in [2.75, 3.05) is 0 Å². The van der Waals surface area contributed by atoms with Crippen molar-refractivity contribution < 1.29 is 5.48 Å². The Morgan fingerprint density at radius 1 is 0.462 bits per heavy atom. The third kappa shape index (κ3) is 33.4. The molecule has 0 saturated carbocycles. The van der Waals surface area contributed by atoms with Crippen LogP contribution in [0.4, 0.5) is 0 Å². The summed E-state index contributed by atoms with van der Waals surface area (Å²) in [7, 11) is 0. The van der Waals surface area contributed by atoms with Gasteiger partial charge in [-0.25, -0.2) is 0 Å². The molecule has 0 heterocycles. The van der Waals surface area contributed by atoms with Crippen LogP contribution in [-0.2, 0) is 0 Å². The van der Waals surface area contributed by atoms with E-state index in [1.807, 2.05) is 0 Å². The van der Waals surface area contributed by atoms with Crippen LogP contribution in [0.1, 0.15) is 79.1 Å². The average molecular weight is 190 g/mol. The van der Waals surface area contributed by atoms with Gasteiger partial charge in [0.05, 0.1) is 0 Å². The second kappa shape index (κ2) is 22.7. The molecule has 0 rings (SSSR count). The molecule has 1 heteroatoms. The van der Waals surface area contributed by atoms with Crippen LogP contribution in [0.15, 0.2) is 0 Å². The molecule has 0 saturated heterocycles. The van der Waals surface area contributed by atoms with Crippen molar-refractivity contribution in [3.05, 3.63) is 0 Å². The lowest BCUT2D eigenvalue weighted by atomic mass is 10.2. The van der Waals surface area contributed by atoms with Crippen LogP contribution < -0.4 is 0 Å². The fourth-order valence-electron chi connectivity index (χ4n) is 1.000. The molecule has 0 aromatic carbocycles. The van der Waals surface area contributed by atoms with E-state index in [-0.39, 0.29) is 5.48 Å². The zero-order valence-corrected chi connectivity index (χ0v) is 10.2. The molecule has 1 nitrogen and oxygen atoms in total. The van der Waals surface area contributed by atoms with E-state index < -0.39 is 0 Å². The molecule has 0 atom stereocenters. The van der Waals surface area contributed by atoms with E-state index in [1.54, 1.807) is 0 Å². The maximum atomic E-state index is 2.23. The van der Waals surface area contributed by atoms with Crippen LogP contribution in [-0.4, -0.2) is 5.48 Å². The van der Waals surface area contributed by atoms with Gasteiger partial charge in [0.15, 0.2) is 0 Å². The van der Waals surface area contributed by atoms with Gasteiger partial charge in [0.2, 0.25) is 0 Å². The molecular weight excluding hydrogens is 160 g/mol. The van der Waals surface area contributed by atoms with Gasteiger partial charge in [-0.2, -0.15) is 0 Å². The van der Waals surface area contributed by atoms with Crippen LogP contribution >= 0.6 is 0 Å². The highest BCUT2D eigenvalue weighted by Gasteiger charge is 1.75. The topological polar surface area (TPSA) is 31.5 Å². The van der Waals surface area contributed by atoms with Crippen LogP contribution in [0.3, 0.4) is 0 Å². The number of hydrogen-bond acceptors (Lipinski definition) is 0. The standard InChI is InChI=1S/2C6H14.H2O/c2*1-3-5-6-4-2;/h2*3-6H2,1-2H3;1H2. The summed E-state index contributed by atoms with van der Waals surface area (Å²) in [6.45, 7) is 8.93. The molecule has 0 fully saturated rings. The summed E-state index contributed by atoms with van der Waals surface area (Å²) in [6.07, 6.45) is 11.1. The van der Waals surface area contributed by atoms with E-state index in [0.29, 0.717) is 0 Å². The van der Waals surface area contributed by atoms with E-state index in [2.05, 4.69) is 27.7 Å². The van der Waals surface area contributed by atoms with Crippen molar-refractivity contribution in [1.82, 2.24) is 0 Å². The van der Waals surface area contributed by atoms with Crippen molar-refractivity contribution in [3.8, 4) is 0 Å². The minimum Gasteiger partial charge on any atom is -0.412 e. The van der Waals surface area contributed by atoms with E-state index in [0.717, 1.165) is 0 Å². The van der Waals surface area contributed by atoms with Crippen molar-refractivity contribution in [2.45, 2.75) is 79.1 Å². The van der Waals surface area contributed by atoms with Crippen LogP contribution in [0.5, 0.6) is 0 Å². The maximum absolute atomic E-state index is 2.23. The van der Waals surface area contributed by atoms with E-state index in [9.17, 15) is 0 Å². The third-order valence-corrected chi connectivity index (χ3v) is 1.91. The molecule has 0 radical (unpaired) electrons. The highest BCUT2D eigenvalue weighted by molar-refractivity contribution is 4.31. The maximum Gasteiger partial charge on any atom is -0.0536 e. The smallest absolute Gasteiger partial charge is 0.0536 e. The minimum atomic E-state index is 0. The lowest BCUT2D eigenvalue weighted by molar-refractivity contribution is 0.702. The van der Waals surface area contributed by atoms with Gasteiger partial charge in [-0.15, -0.1) is 0 Å². The predicted octanol–water partition coefficient (Wildman–Crippen LogP) is 4.35. The van der Waals surface area contributed by atoms with Gasteiger partial charge in [-0.1, -0.05) is 79.1 Å². The molecule has 0 aromatic rings. The van der Waals surface area contributed by atoms with Crippen LogP contribution in [0, 0.1) is 0 Å². The van der Waals surface area contributed by atoms with Gasteiger partial charge in [0.1, 0.15) is 0 Å². The Kier molecular flexibility index (Phi) is 32.6. The normalized spacial score (nSPS) is 8.31. The fourth-order valence-corrected chi connectivity index (χ4v) is 1.000. The molecular formula is C12H30O. The first-order valence-electron chi connectivity index (χ1n) is 5.83. The molecule has 0 aliphatic heterocycles. The van der Waals surface area contributed by atoms with Gasteiger partial charge < -0.3 is 5.48 Å². The summed E-state index contributed by atoms with van der Waals surface area (Å²) in [5.74, 6) is 0. The SMILES string of the molecule is CCCCCC.CCCCCC.O. The lowest BCUT2D eigenvalue weighted by Crippen LogP contribution is -1.66. The Balaban J connectivity index is -0.000000143. The molecule has 0 aliphatic rings. The molecule has 13 heavy (non-hydrogen) atoms. The largest absolute Gasteiger partial charge is 0.412 e. The van der Waals surface area contributed by atoms with Crippen molar-refractivity contribution >= 4 is 0 Å². The summed E-state index contributed by atoms with van der Waals surface area (Å²) in [6, 6.07) is 0. The predicted molar refractivity (Wildman–Crippen MR) is 63.2 cm³/mol. The van der Waals surface area contributed by atoms with E-state index in [4.69, 9.17) is 0 Å². The van der Waals surface area contributed by atoms with Gasteiger partial charge >= 0.3 is 0 Å². The number of rotatable bonds is 6. The molecule has 0 aliphatic carbocycles. The monoisotopic (exact) mass is 190 g/mol. The fraction of sp³-hybridized carbons (Fsp3) is 1.00. The molecule has 84 valence electrons. The average Bonchev–Trinajstić information content (AvgIpc) is 2.12. The highest BCUT2D eigenvalue weighted by atomic mass is 16.0. The van der Waals surface area contributed by atoms with Crippen LogP contribution in [0.25, 0.3) is 0 Å². The van der Waals surface area contributed by atoms with Crippen molar-refractivity contribution in [1.29, 1.82) is 0 Å². The molecule has 0 bridgehead atoms. The summed E-state index contributed by atoms with van der Waals surface area (Å²) >= 11 is 0. The number of unbranched alkanes of at least 4 members (excludes halogenated alkanes) is 6. The first-order chi connectivity index (χ1) is 5.83. The molecule has 0 unspecified atom stereocenters. The number of hydrogen-bond donors (Lipinski definition) is 0. The molecule has 2 N–H and O–H groups in total. The first-order valence-corrected chi connectivity index (χ1v) is 5.83. The quantitative estimate of drug-likeness (QED) is 0.558. The minimum absolute atomic E-state index is 0. The van der Waals surface area contributed by atoms with Crippen molar-refractivity contribution in [2.24, 2.45) is 0 Å². The Hall–Kier alpha value is -0.0400. The summed E-state index contributed by atoms with van der Waals surface area (Å²) in [5.41, 5.74) is 0. The zero-order valence-electron chi connectivity index (χ0n) is 10.2. The lowest BCUT2D eigenvalue weighted by Gasteiger charge is -1.86. The summed E-state index contributed by atoms with van der Waals surface area (Å²) in [4.78, 5) is 0. The Labute approximate surface area is 85.2 Å². The Bertz CT molecular complexity index is 37.1. The summed E-state index contributed by atoms with van der Waals surface area (Å²) < 4.78 is 0. The highest BCUT2D eigenvalue weighted by Crippen LogP contribution is 1.95.